The van der Waals surface area contributed by atoms with E-state index in [1.54, 1.807) is 23.2 Å². The second kappa shape index (κ2) is 11.0. The lowest BCUT2D eigenvalue weighted by atomic mass is 10.2. The minimum absolute atomic E-state index is 0.0216. The van der Waals surface area contributed by atoms with Crippen LogP contribution in [0, 0.1) is 0 Å². The number of hydrogen-bond donors (Lipinski definition) is 1. The zero-order valence-electron chi connectivity index (χ0n) is 18.1. The molecule has 0 radical (unpaired) electrons. The van der Waals surface area contributed by atoms with E-state index in [-0.39, 0.29) is 18.4 Å². The van der Waals surface area contributed by atoms with Gasteiger partial charge >= 0.3 is 0 Å². The van der Waals surface area contributed by atoms with Crippen LogP contribution < -0.4 is 15.0 Å². The second-order valence-electron chi connectivity index (χ2n) is 7.69. The van der Waals surface area contributed by atoms with Gasteiger partial charge in [0.15, 0.2) is 0 Å². The molecule has 33 heavy (non-hydrogen) atoms. The van der Waals surface area contributed by atoms with Crippen molar-refractivity contribution in [2.24, 2.45) is 0 Å². The first-order chi connectivity index (χ1) is 16.1. The molecule has 1 saturated heterocycles. The number of hydrogen-bond acceptors (Lipinski definition) is 5. The van der Waals surface area contributed by atoms with Crippen LogP contribution in [0.4, 0.5) is 5.69 Å². The van der Waals surface area contributed by atoms with Crippen molar-refractivity contribution < 1.29 is 14.3 Å². The van der Waals surface area contributed by atoms with Crippen molar-refractivity contribution in [2.45, 2.75) is 6.61 Å². The smallest absolute Gasteiger partial charge is 0.251 e. The van der Waals surface area contributed by atoms with Gasteiger partial charge < -0.3 is 19.9 Å². The normalized spacial score (nSPS) is 13.5. The van der Waals surface area contributed by atoms with Crippen LogP contribution in [0.25, 0.3) is 0 Å². The first-order valence-electron chi connectivity index (χ1n) is 10.8. The molecule has 1 fully saturated rings. The summed E-state index contributed by atoms with van der Waals surface area (Å²) in [5, 5.41) is 2.69. The molecule has 0 aliphatic carbocycles. The fraction of sp³-hybridized carbons (Fsp3) is 0.240. The van der Waals surface area contributed by atoms with Crippen molar-refractivity contribution in [1.29, 1.82) is 0 Å². The monoisotopic (exact) mass is 508 g/mol. The Morgan fingerprint density at radius 1 is 0.970 bits per heavy atom. The predicted molar refractivity (Wildman–Crippen MR) is 130 cm³/mol. The summed E-state index contributed by atoms with van der Waals surface area (Å²) in [6.07, 6.45) is 1.54. The van der Waals surface area contributed by atoms with E-state index in [1.165, 1.54) is 0 Å². The first-order valence-corrected chi connectivity index (χ1v) is 11.6. The minimum atomic E-state index is -0.292. The van der Waals surface area contributed by atoms with Crippen LogP contribution in [-0.4, -0.2) is 54.4 Å². The number of benzene rings is 2. The maximum atomic E-state index is 12.5. The van der Waals surface area contributed by atoms with Crippen LogP contribution in [0.5, 0.6) is 5.75 Å². The average molecular weight is 509 g/mol. The molecule has 1 aromatic heterocycles. The molecule has 0 unspecified atom stereocenters. The number of anilines is 1. The number of nitrogens with zero attached hydrogens (tertiary/aromatic N) is 3. The Bertz CT molecular complexity index is 1080. The zero-order chi connectivity index (χ0) is 23.0. The summed E-state index contributed by atoms with van der Waals surface area (Å²) in [4.78, 5) is 32.8. The Hall–Kier alpha value is -3.39. The highest BCUT2D eigenvalue weighted by molar-refractivity contribution is 9.10. The molecule has 1 aliphatic rings. The summed E-state index contributed by atoms with van der Waals surface area (Å²) in [5.41, 5.74) is 2.70. The molecule has 4 rings (SSSR count). The lowest BCUT2D eigenvalue weighted by Gasteiger charge is -2.36. The quantitative estimate of drug-likeness (QED) is 0.494. The number of halogens is 1. The molecule has 7 nitrogen and oxygen atoms in total. The molecule has 8 heteroatoms. The highest BCUT2D eigenvalue weighted by Gasteiger charge is 2.22. The highest BCUT2D eigenvalue weighted by atomic mass is 79.9. The molecule has 1 aliphatic heterocycles. The maximum Gasteiger partial charge on any atom is 0.251 e. The molecule has 0 atom stereocenters. The largest absolute Gasteiger partial charge is 0.489 e. The Morgan fingerprint density at radius 3 is 2.39 bits per heavy atom. The number of nitrogens with one attached hydrogen (secondary N) is 1. The van der Waals surface area contributed by atoms with Gasteiger partial charge in [0.25, 0.3) is 5.91 Å². The van der Waals surface area contributed by atoms with Crippen molar-refractivity contribution >= 4 is 33.4 Å². The molecule has 170 valence electrons. The average Bonchev–Trinajstić information content (AvgIpc) is 2.87. The number of carbonyl (C=O) groups excluding carboxylic acids is 2. The van der Waals surface area contributed by atoms with Crippen molar-refractivity contribution in [1.82, 2.24) is 15.2 Å². The summed E-state index contributed by atoms with van der Waals surface area (Å²) in [6, 6.07) is 21.3. The molecular formula is C25H25BrN4O3. The molecule has 2 amide bonds. The van der Waals surface area contributed by atoms with Crippen LogP contribution in [-0.2, 0) is 11.4 Å². The van der Waals surface area contributed by atoms with Gasteiger partial charge in [-0.15, -0.1) is 0 Å². The Morgan fingerprint density at radius 2 is 1.70 bits per heavy atom. The van der Waals surface area contributed by atoms with Crippen molar-refractivity contribution in [3.8, 4) is 5.75 Å². The number of ether oxygens (including phenoxy) is 1. The molecule has 3 aromatic rings. The summed E-state index contributed by atoms with van der Waals surface area (Å²) < 4.78 is 6.43. The number of piperazine rings is 1. The van der Waals surface area contributed by atoms with Gasteiger partial charge in [0, 0.05) is 43.6 Å². The van der Waals surface area contributed by atoms with Gasteiger partial charge in [-0.3, -0.25) is 9.59 Å². The molecule has 0 spiro atoms. The molecule has 1 N–H and O–H groups in total. The Balaban J connectivity index is 1.22. The molecular weight excluding hydrogens is 484 g/mol. The van der Waals surface area contributed by atoms with Crippen molar-refractivity contribution in [2.75, 3.05) is 37.6 Å². The van der Waals surface area contributed by atoms with E-state index in [0.29, 0.717) is 29.9 Å². The molecule has 0 saturated carbocycles. The number of amides is 2. The zero-order valence-corrected chi connectivity index (χ0v) is 19.7. The number of aromatic nitrogens is 1. The highest BCUT2D eigenvalue weighted by Crippen LogP contribution is 2.21. The SMILES string of the molecule is O=C(NCC(=O)N1CCN(c2ccc(OCc3ccccc3)cc2)CC1)c1ccnc(Br)c1. The van der Waals surface area contributed by atoms with E-state index < -0.39 is 0 Å². The lowest BCUT2D eigenvalue weighted by Crippen LogP contribution is -2.51. The third-order valence-electron chi connectivity index (χ3n) is 5.47. The summed E-state index contributed by atoms with van der Waals surface area (Å²) >= 11 is 3.24. The van der Waals surface area contributed by atoms with Gasteiger partial charge in [0.1, 0.15) is 17.0 Å². The second-order valence-corrected chi connectivity index (χ2v) is 8.50. The maximum absolute atomic E-state index is 12.5. The van der Waals surface area contributed by atoms with Crippen molar-refractivity contribution in [3.05, 3.63) is 88.7 Å². The van der Waals surface area contributed by atoms with Gasteiger partial charge in [-0.25, -0.2) is 4.98 Å². The van der Waals surface area contributed by atoms with E-state index in [4.69, 9.17) is 4.74 Å². The molecule has 0 bridgehead atoms. The molecule has 2 aromatic carbocycles. The number of pyridine rings is 1. The Kier molecular flexibility index (Phi) is 7.57. The van der Waals surface area contributed by atoms with E-state index in [0.717, 1.165) is 30.1 Å². The Labute approximate surface area is 201 Å². The van der Waals surface area contributed by atoms with Crippen LogP contribution in [0.2, 0.25) is 0 Å². The van der Waals surface area contributed by atoms with E-state index in [9.17, 15) is 9.59 Å². The summed E-state index contributed by atoms with van der Waals surface area (Å²) in [7, 11) is 0. The van der Waals surface area contributed by atoms with Gasteiger partial charge in [-0.1, -0.05) is 30.3 Å². The van der Waals surface area contributed by atoms with E-state index in [2.05, 4.69) is 31.1 Å². The van der Waals surface area contributed by atoms with Crippen LogP contribution in [0.15, 0.2) is 77.5 Å². The number of rotatable bonds is 7. The number of carbonyl (C=O) groups is 2. The predicted octanol–water partition coefficient (Wildman–Crippen LogP) is 3.50. The minimum Gasteiger partial charge on any atom is -0.489 e. The topological polar surface area (TPSA) is 74.8 Å². The van der Waals surface area contributed by atoms with Crippen LogP contribution in [0.1, 0.15) is 15.9 Å². The third-order valence-corrected chi connectivity index (χ3v) is 5.91. The van der Waals surface area contributed by atoms with Gasteiger partial charge in [0.05, 0.1) is 6.54 Å². The third kappa shape index (κ3) is 6.32. The first kappa shape index (κ1) is 22.8. The van der Waals surface area contributed by atoms with Crippen LogP contribution in [0.3, 0.4) is 0 Å². The standard InChI is InChI=1S/C25H25BrN4O3/c26-23-16-20(10-11-27-23)25(32)28-17-24(31)30-14-12-29(13-15-30)21-6-8-22(9-7-21)33-18-19-4-2-1-3-5-19/h1-11,16H,12-15,17-18H2,(H,28,32). The lowest BCUT2D eigenvalue weighted by molar-refractivity contribution is -0.130. The van der Waals surface area contributed by atoms with Gasteiger partial charge in [-0.2, -0.15) is 0 Å². The summed E-state index contributed by atoms with van der Waals surface area (Å²) in [5.74, 6) is 0.453. The van der Waals surface area contributed by atoms with Crippen molar-refractivity contribution in [3.63, 3.8) is 0 Å². The summed E-state index contributed by atoms with van der Waals surface area (Å²) in [6.45, 7) is 3.22. The fourth-order valence-electron chi connectivity index (χ4n) is 3.62. The van der Waals surface area contributed by atoms with Gasteiger partial charge in [0.2, 0.25) is 5.91 Å². The fourth-order valence-corrected chi connectivity index (χ4v) is 3.99. The molecule has 2 heterocycles. The van der Waals surface area contributed by atoms with E-state index in [1.807, 2.05) is 54.6 Å². The van der Waals surface area contributed by atoms with Gasteiger partial charge in [-0.05, 0) is 57.9 Å². The van der Waals surface area contributed by atoms with Crippen LogP contribution >= 0.6 is 15.9 Å². The van der Waals surface area contributed by atoms with E-state index >= 15 is 0 Å².